The SMILES string of the molecule is CC1CCC(Nc2cc(C(F)(F)F)cc(N)n2)CC1C. The summed E-state index contributed by atoms with van der Waals surface area (Å²) in [5.41, 5.74) is 4.70. The van der Waals surface area contributed by atoms with E-state index in [0.717, 1.165) is 31.4 Å². The van der Waals surface area contributed by atoms with Crippen molar-refractivity contribution in [3.05, 3.63) is 17.7 Å². The molecule has 0 radical (unpaired) electrons. The topological polar surface area (TPSA) is 50.9 Å². The van der Waals surface area contributed by atoms with Gasteiger partial charge in [-0.1, -0.05) is 13.8 Å². The number of nitrogens with two attached hydrogens (primary N) is 1. The van der Waals surface area contributed by atoms with Crippen LogP contribution in [0.25, 0.3) is 0 Å². The number of nitrogens with one attached hydrogen (secondary N) is 1. The molecule has 3 unspecified atom stereocenters. The van der Waals surface area contributed by atoms with Crippen LogP contribution in [0.2, 0.25) is 0 Å². The van der Waals surface area contributed by atoms with E-state index in [1.807, 2.05) is 0 Å². The average Bonchev–Trinajstić information content (AvgIpc) is 2.32. The second kappa shape index (κ2) is 5.50. The van der Waals surface area contributed by atoms with Crippen LogP contribution >= 0.6 is 0 Å². The summed E-state index contributed by atoms with van der Waals surface area (Å²) in [5, 5.41) is 3.09. The van der Waals surface area contributed by atoms with Gasteiger partial charge in [-0.15, -0.1) is 0 Å². The number of rotatable bonds is 2. The van der Waals surface area contributed by atoms with E-state index in [1.165, 1.54) is 0 Å². The molecule has 1 fully saturated rings. The Bertz CT molecular complexity index is 473. The van der Waals surface area contributed by atoms with Crippen molar-refractivity contribution in [1.82, 2.24) is 4.98 Å². The Morgan fingerprint density at radius 3 is 2.50 bits per heavy atom. The summed E-state index contributed by atoms with van der Waals surface area (Å²) in [4.78, 5) is 3.95. The fraction of sp³-hybridized carbons (Fsp3) is 0.643. The van der Waals surface area contributed by atoms with Gasteiger partial charge in [0.25, 0.3) is 0 Å². The lowest BCUT2D eigenvalue weighted by Crippen LogP contribution is -2.30. The van der Waals surface area contributed by atoms with Gasteiger partial charge in [0, 0.05) is 6.04 Å². The maximum absolute atomic E-state index is 12.7. The molecule has 0 aliphatic heterocycles. The predicted octanol–water partition coefficient (Wildman–Crippen LogP) is 3.92. The molecule has 3 atom stereocenters. The molecule has 6 heteroatoms. The lowest BCUT2D eigenvalue weighted by Gasteiger charge is -2.32. The van der Waals surface area contributed by atoms with Gasteiger partial charge < -0.3 is 11.1 Å². The van der Waals surface area contributed by atoms with Gasteiger partial charge in [-0.2, -0.15) is 13.2 Å². The van der Waals surface area contributed by atoms with Crippen LogP contribution < -0.4 is 11.1 Å². The number of alkyl halides is 3. The number of nitrogen functional groups attached to an aromatic ring is 1. The van der Waals surface area contributed by atoms with Crippen molar-refractivity contribution < 1.29 is 13.2 Å². The van der Waals surface area contributed by atoms with Crippen LogP contribution in [-0.4, -0.2) is 11.0 Å². The van der Waals surface area contributed by atoms with Crippen LogP contribution in [0.5, 0.6) is 0 Å². The summed E-state index contributed by atoms with van der Waals surface area (Å²) >= 11 is 0. The molecule has 1 aliphatic rings. The molecule has 1 aromatic rings. The minimum absolute atomic E-state index is 0.112. The number of hydrogen-bond donors (Lipinski definition) is 2. The fourth-order valence-corrected chi connectivity index (χ4v) is 2.68. The zero-order valence-corrected chi connectivity index (χ0v) is 11.7. The number of hydrogen-bond acceptors (Lipinski definition) is 3. The Hall–Kier alpha value is -1.46. The maximum atomic E-state index is 12.7. The van der Waals surface area contributed by atoms with E-state index in [1.54, 1.807) is 0 Å². The molecule has 0 spiro atoms. The summed E-state index contributed by atoms with van der Waals surface area (Å²) in [6.07, 6.45) is -1.43. The first-order chi connectivity index (χ1) is 9.25. The molecule has 0 saturated heterocycles. The molecular formula is C14H20F3N3. The zero-order chi connectivity index (χ0) is 14.9. The van der Waals surface area contributed by atoms with Gasteiger partial charge in [0.15, 0.2) is 0 Å². The van der Waals surface area contributed by atoms with Gasteiger partial charge in [0.05, 0.1) is 5.56 Å². The molecule has 1 heterocycles. The van der Waals surface area contributed by atoms with Crippen molar-refractivity contribution >= 4 is 11.6 Å². The molecule has 0 aromatic carbocycles. The molecule has 3 nitrogen and oxygen atoms in total. The smallest absolute Gasteiger partial charge is 0.384 e. The van der Waals surface area contributed by atoms with Crippen LogP contribution in [0.3, 0.4) is 0 Å². The van der Waals surface area contributed by atoms with E-state index in [9.17, 15) is 13.2 Å². The fourth-order valence-electron chi connectivity index (χ4n) is 2.68. The molecule has 1 saturated carbocycles. The molecule has 112 valence electrons. The van der Waals surface area contributed by atoms with Crippen LogP contribution in [0.1, 0.15) is 38.7 Å². The predicted molar refractivity (Wildman–Crippen MR) is 73.2 cm³/mol. The number of aromatic nitrogens is 1. The third kappa shape index (κ3) is 3.55. The largest absolute Gasteiger partial charge is 0.416 e. The highest BCUT2D eigenvalue weighted by molar-refractivity contribution is 5.48. The summed E-state index contributed by atoms with van der Waals surface area (Å²) in [5.74, 6) is 1.32. The Balaban J connectivity index is 2.12. The quantitative estimate of drug-likeness (QED) is 0.866. The number of anilines is 2. The van der Waals surface area contributed by atoms with Crippen molar-refractivity contribution in [2.24, 2.45) is 11.8 Å². The van der Waals surface area contributed by atoms with Gasteiger partial charge in [-0.3, -0.25) is 0 Å². The summed E-state index contributed by atoms with van der Waals surface area (Å²) in [6, 6.07) is 2.05. The second-order valence-electron chi connectivity index (χ2n) is 5.77. The lowest BCUT2D eigenvalue weighted by atomic mass is 9.79. The first-order valence-electron chi connectivity index (χ1n) is 6.87. The minimum atomic E-state index is -4.40. The Morgan fingerprint density at radius 1 is 1.20 bits per heavy atom. The van der Waals surface area contributed by atoms with Crippen molar-refractivity contribution in [1.29, 1.82) is 0 Å². The second-order valence-corrected chi connectivity index (χ2v) is 5.77. The molecule has 1 aromatic heterocycles. The third-order valence-electron chi connectivity index (χ3n) is 4.12. The first-order valence-corrected chi connectivity index (χ1v) is 6.87. The van der Waals surface area contributed by atoms with Crippen LogP contribution in [-0.2, 0) is 6.18 Å². The molecule has 20 heavy (non-hydrogen) atoms. The molecule has 0 bridgehead atoms. The van der Waals surface area contributed by atoms with E-state index in [2.05, 4.69) is 24.1 Å². The van der Waals surface area contributed by atoms with Gasteiger partial charge >= 0.3 is 6.18 Å². The number of halogens is 3. The molecule has 0 amide bonds. The first kappa shape index (κ1) is 14.9. The summed E-state index contributed by atoms with van der Waals surface area (Å²) < 4.78 is 38.2. The third-order valence-corrected chi connectivity index (χ3v) is 4.12. The molecule has 1 aliphatic carbocycles. The van der Waals surface area contributed by atoms with Crippen molar-refractivity contribution in [2.75, 3.05) is 11.1 Å². The van der Waals surface area contributed by atoms with Crippen LogP contribution in [0.4, 0.5) is 24.8 Å². The lowest BCUT2D eigenvalue weighted by molar-refractivity contribution is -0.137. The Labute approximate surface area is 116 Å². The van der Waals surface area contributed by atoms with Crippen molar-refractivity contribution in [3.63, 3.8) is 0 Å². The van der Waals surface area contributed by atoms with Crippen LogP contribution in [0.15, 0.2) is 12.1 Å². The highest BCUT2D eigenvalue weighted by Gasteiger charge is 2.32. The summed E-state index contributed by atoms with van der Waals surface area (Å²) in [6.45, 7) is 4.38. The monoisotopic (exact) mass is 287 g/mol. The molecule has 2 rings (SSSR count). The van der Waals surface area contributed by atoms with E-state index in [4.69, 9.17) is 5.73 Å². The number of pyridine rings is 1. The highest BCUT2D eigenvalue weighted by atomic mass is 19.4. The van der Waals surface area contributed by atoms with Gasteiger partial charge in [-0.05, 0) is 43.2 Å². The van der Waals surface area contributed by atoms with Gasteiger partial charge in [-0.25, -0.2) is 4.98 Å². The maximum Gasteiger partial charge on any atom is 0.416 e. The van der Waals surface area contributed by atoms with E-state index < -0.39 is 11.7 Å². The number of nitrogens with zero attached hydrogens (tertiary/aromatic N) is 1. The van der Waals surface area contributed by atoms with Crippen molar-refractivity contribution in [2.45, 2.75) is 45.3 Å². The van der Waals surface area contributed by atoms with Gasteiger partial charge in [0.2, 0.25) is 0 Å². The van der Waals surface area contributed by atoms with E-state index in [-0.39, 0.29) is 17.7 Å². The van der Waals surface area contributed by atoms with E-state index >= 15 is 0 Å². The van der Waals surface area contributed by atoms with E-state index in [0.29, 0.717) is 11.8 Å². The van der Waals surface area contributed by atoms with Crippen LogP contribution in [0, 0.1) is 11.8 Å². The van der Waals surface area contributed by atoms with Gasteiger partial charge in [0.1, 0.15) is 11.6 Å². The zero-order valence-electron chi connectivity index (χ0n) is 11.7. The van der Waals surface area contributed by atoms with Crippen molar-refractivity contribution in [3.8, 4) is 0 Å². The average molecular weight is 287 g/mol. The Kier molecular flexibility index (Phi) is 4.11. The standard InChI is InChI=1S/C14H20F3N3/c1-8-3-4-11(5-9(8)2)19-13-7-10(14(15,16)17)6-12(18)20-13/h6-9,11H,3-5H2,1-2H3,(H3,18,19,20). The molecule has 3 N–H and O–H groups in total. The normalized spacial score (nSPS) is 27.4. The Morgan fingerprint density at radius 2 is 1.90 bits per heavy atom. The molecular weight excluding hydrogens is 267 g/mol. The summed E-state index contributed by atoms with van der Waals surface area (Å²) in [7, 11) is 0. The minimum Gasteiger partial charge on any atom is -0.384 e. The highest BCUT2D eigenvalue weighted by Crippen LogP contribution is 2.33.